The van der Waals surface area contributed by atoms with Crippen LogP contribution in [0.2, 0.25) is 0 Å². The van der Waals surface area contributed by atoms with E-state index in [4.69, 9.17) is 5.11 Å². The molecule has 0 aliphatic rings. The van der Waals surface area contributed by atoms with Crippen LogP contribution in [0, 0.1) is 0 Å². The summed E-state index contributed by atoms with van der Waals surface area (Å²) >= 11 is 1.17. The lowest BCUT2D eigenvalue weighted by atomic mass is 10.3. The Morgan fingerprint density at radius 2 is 1.81 bits per heavy atom. The van der Waals surface area contributed by atoms with Gasteiger partial charge in [-0.3, -0.25) is 0 Å². The van der Waals surface area contributed by atoms with Crippen LogP contribution in [-0.2, 0) is 16.6 Å². The molecule has 0 aliphatic carbocycles. The largest absolute Gasteiger partial charge is 0.392 e. The molecule has 0 atom stereocenters. The molecule has 7 heteroatoms. The summed E-state index contributed by atoms with van der Waals surface area (Å²) in [5.74, 6) is 0. The molecular formula is C14H26N2O3S2. The minimum absolute atomic E-state index is 0.125. The second-order valence-corrected chi connectivity index (χ2v) is 7.89. The summed E-state index contributed by atoms with van der Waals surface area (Å²) in [5.41, 5.74) is 0.651. The zero-order valence-electron chi connectivity index (χ0n) is 13.1. The first-order valence-electron chi connectivity index (χ1n) is 7.40. The van der Waals surface area contributed by atoms with Crippen molar-refractivity contribution in [2.75, 3.05) is 32.7 Å². The highest BCUT2D eigenvalue weighted by Crippen LogP contribution is 2.24. The molecular weight excluding hydrogens is 308 g/mol. The zero-order valence-corrected chi connectivity index (χ0v) is 14.7. The van der Waals surface area contributed by atoms with Crippen molar-refractivity contribution in [1.82, 2.24) is 9.21 Å². The van der Waals surface area contributed by atoms with Gasteiger partial charge in [0, 0.05) is 13.1 Å². The van der Waals surface area contributed by atoms with Crippen LogP contribution in [0.25, 0.3) is 0 Å². The Labute approximate surface area is 132 Å². The average Bonchev–Trinajstić information content (AvgIpc) is 2.97. The lowest BCUT2D eigenvalue weighted by Gasteiger charge is -2.22. The van der Waals surface area contributed by atoms with Gasteiger partial charge in [0.2, 0.25) is 0 Å². The lowest BCUT2D eigenvalue weighted by Crippen LogP contribution is -2.34. The fourth-order valence-electron chi connectivity index (χ4n) is 2.16. The molecule has 1 N–H and O–H groups in total. The molecule has 5 nitrogen and oxygen atoms in total. The number of thiophene rings is 1. The molecule has 0 saturated heterocycles. The molecule has 0 unspecified atom stereocenters. The van der Waals surface area contributed by atoms with Crippen LogP contribution < -0.4 is 0 Å². The van der Waals surface area contributed by atoms with Gasteiger partial charge in [-0.25, -0.2) is 8.42 Å². The van der Waals surface area contributed by atoms with Gasteiger partial charge >= 0.3 is 0 Å². The van der Waals surface area contributed by atoms with Crippen molar-refractivity contribution in [3.63, 3.8) is 0 Å². The van der Waals surface area contributed by atoms with E-state index < -0.39 is 10.0 Å². The van der Waals surface area contributed by atoms with Gasteiger partial charge in [0.05, 0.1) is 6.61 Å². The van der Waals surface area contributed by atoms with Crippen LogP contribution in [0.15, 0.2) is 15.7 Å². The van der Waals surface area contributed by atoms with E-state index in [0.717, 1.165) is 26.1 Å². The van der Waals surface area contributed by atoms with Crippen molar-refractivity contribution in [1.29, 1.82) is 0 Å². The minimum atomic E-state index is -3.43. The van der Waals surface area contributed by atoms with Crippen molar-refractivity contribution < 1.29 is 13.5 Å². The summed E-state index contributed by atoms with van der Waals surface area (Å²) in [6.07, 6.45) is 0.826. The van der Waals surface area contributed by atoms with E-state index in [1.165, 1.54) is 15.6 Å². The number of nitrogens with zero attached hydrogens (tertiary/aromatic N) is 2. The van der Waals surface area contributed by atoms with Gasteiger partial charge < -0.3 is 10.0 Å². The standard InChI is InChI=1S/C14H26N2O3S2/c1-4-15(5-2)8-7-9-16(6-3)21(18,19)14-10-13(11-17)12-20-14/h10,12,17H,4-9,11H2,1-3H3. The Hall–Kier alpha value is -0.470. The first-order chi connectivity index (χ1) is 9.99. The second kappa shape index (κ2) is 8.85. The van der Waals surface area contributed by atoms with Crippen LogP contribution in [0.1, 0.15) is 32.8 Å². The fourth-order valence-corrected chi connectivity index (χ4v) is 5.00. The summed E-state index contributed by atoms with van der Waals surface area (Å²) in [5, 5.41) is 10.8. The molecule has 0 saturated carbocycles. The van der Waals surface area contributed by atoms with Crippen LogP contribution in [0.4, 0.5) is 0 Å². The maximum absolute atomic E-state index is 12.5. The van der Waals surface area contributed by atoms with E-state index in [0.29, 0.717) is 22.9 Å². The summed E-state index contributed by atoms with van der Waals surface area (Å²) in [6.45, 7) is 9.83. The quantitative estimate of drug-likeness (QED) is 0.711. The van der Waals surface area contributed by atoms with Crippen molar-refractivity contribution in [2.45, 2.75) is 38.0 Å². The Bertz CT molecular complexity index is 510. The van der Waals surface area contributed by atoms with E-state index in [2.05, 4.69) is 18.7 Å². The van der Waals surface area contributed by atoms with E-state index in [1.54, 1.807) is 11.4 Å². The first kappa shape index (κ1) is 18.6. The normalized spacial score (nSPS) is 12.5. The van der Waals surface area contributed by atoms with Gasteiger partial charge in [0.15, 0.2) is 0 Å². The summed E-state index contributed by atoms with van der Waals surface area (Å²) in [4.78, 5) is 2.29. The summed E-state index contributed by atoms with van der Waals surface area (Å²) < 4.78 is 26.9. The maximum atomic E-state index is 12.5. The molecule has 1 rings (SSSR count). The monoisotopic (exact) mass is 334 g/mol. The molecule has 0 spiro atoms. The molecule has 1 aromatic heterocycles. The van der Waals surface area contributed by atoms with Gasteiger partial charge in [-0.15, -0.1) is 11.3 Å². The van der Waals surface area contributed by atoms with E-state index in [9.17, 15) is 8.42 Å². The number of aliphatic hydroxyl groups excluding tert-OH is 1. The van der Waals surface area contributed by atoms with Gasteiger partial charge in [-0.2, -0.15) is 4.31 Å². The number of aliphatic hydroxyl groups is 1. The fraction of sp³-hybridized carbons (Fsp3) is 0.714. The molecule has 1 aromatic rings. The molecule has 0 aromatic carbocycles. The molecule has 0 fully saturated rings. The molecule has 21 heavy (non-hydrogen) atoms. The molecule has 122 valence electrons. The third-order valence-electron chi connectivity index (χ3n) is 3.54. The van der Waals surface area contributed by atoms with E-state index in [1.807, 2.05) is 6.92 Å². The smallest absolute Gasteiger partial charge is 0.252 e. The number of hydrogen-bond acceptors (Lipinski definition) is 5. The SMILES string of the molecule is CCN(CC)CCCN(CC)S(=O)(=O)c1cc(CO)cs1. The highest BCUT2D eigenvalue weighted by molar-refractivity contribution is 7.91. The Balaban J connectivity index is 2.69. The zero-order chi connectivity index (χ0) is 15.9. The lowest BCUT2D eigenvalue weighted by molar-refractivity contribution is 0.282. The highest BCUT2D eigenvalue weighted by atomic mass is 32.2. The van der Waals surface area contributed by atoms with Crippen molar-refractivity contribution >= 4 is 21.4 Å². The first-order valence-corrected chi connectivity index (χ1v) is 9.72. The molecule has 1 heterocycles. The van der Waals surface area contributed by atoms with Gasteiger partial charge in [0.1, 0.15) is 4.21 Å². The molecule has 0 bridgehead atoms. The summed E-state index contributed by atoms with van der Waals surface area (Å²) in [7, 11) is -3.43. The molecule has 0 radical (unpaired) electrons. The Morgan fingerprint density at radius 3 is 2.29 bits per heavy atom. The Morgan fingerprint density at radius 1 is 1.14 bits per heavy atom. The van der Waals surface area contributed by atoms with Crippen LogP contribution in [0.3, 0.4) is 0 Å². The summed E-state index contributed by atoms with van der Waals surface area (Å²) in [6, 6.07) is 1.56. The predicted octanol–water partition coefficient (Wildman–Crippen LogP) is 1.98. The third kappa shape index (κ3) is 5.03. The maximum Gasteiger partial charge on any atom is 0.252 e. The minimum Gasteiger partial charge on any atom is -0.392 e. The van der Waals surface area contributed by atoms with Crippen molar-refractivity contribution in [2.24, 2.45) is 0 Å². The average molecular weight is 335 g/mol. The highest BCUT2D eigenvalue weighted by Gasteiger charge is 2.24. The van der Waals surface area contributed by atoms with Crippen molar-refractivity contribution in [3.8, 4) is 0 Å². The number of hydrogen-bond donors (Lipinski definition) is 1. The topological polar surface area (TPSA) is 60.9 Å². The van der Waals surface area contributed by atoms with Gasteiger partial charge in [-0.05, 0) is 43.1 Å². The van der Waals surface area contributed by atoms with Gasteiger partial charge in [-0.1, -0.05) is 20.8 Å². The van der Waals surface area contributed by atoms with Crippen LogP contribution in [0.5, 0.6) is 0 Å². The number of sulfonamides is 1. The third-order valence-corrected chi connectivity index (χ3v) is 6.97. The Kier molecular flexibility index (Phi) is 7.83. The van der Waals surface area contributed by atoms with E-state index >= 15 is 0 Å². The van der Waals surface area contributed by atoms with Gasteiger partial charge in [0.25, 0.3) is 10.0 Å². The predicted molar refractivity (Wildman–Crippen MR) is 87.1 cm³/mol. The number of rotatable bonds is 10. The molecule has 0 amide bonds. The second-order valence-electron chi connectivity index (χ2n) is 4.81. The van der Waals surface area contributed by atoms with Crippen molar-refractivity contribution in [3.05, 3.63) is 17.0 Å². The molecule has 0 aliphatic heterocycles. The van der Waals surface area contributed by atoms with E-state index in [-0.39, 0.29) is 6.61 Å². The van der Waals surface area contributed by atoms with Crippen LogP contribution >= 0.6 is 11.3 Å². The van der Waals surface area contributed by atoms with Crippen LogP contribution in [-0.4, -0.2) is 55.5 Å².